The maximum atomic E-state index is 11.3. The number of nitro groups is 1. The first kappa shape index (κ1) is 15.5. The summed E-state index contributed by atoms with van der Waals surface area (Å²) in [5.74, 6) is 0. The number of pyridine rings is 1. The first-order chi connectivity index (χ1) is 12.2. The fraction of sp³-hybridized carbons (Fsp3) is 0.294. The molecule has 8 nitrogen and oxygen atoms in total. The number of hydrogen-bond acceptors (Lipinski definition) is 6. The molecular weight excluding hydrogens is 322 g/mol. The third-order valence-electron chi connectivity index (χ3n) is 4.40. The zero-order valence-electron chi connectivity index (χ0n) is 13.5. The predicted octanol–water partition coefficient (Wildman–Crippen LogP) is 2.24. The molecule has 1 aliphatic heterocycles. The van der Waals surface area contributed by atoms with Crippen molar-refractivity contribution in [2.45, 2.75) is 12.6 Å². The van der Waals surface area contributed by atoms with Gasteiger partial charge in [0.25, 0.3) is 5.69 Å². The quantitative estimate of drug-likeness (QED) is 0.535. The van der Waals surface area contributed by atoms with E-state index in [9.17, 15) is 10.1 Å². The summed E-state index contributed by atoms with van der Waals surface area (Å²) >= 11 is 0. The zero-order chi connectivity index (χ0) is 17.2. The van der Waals surface area contributed by atoms with E-state index >= 15 is 0 Å². The maximum Gasteiger partial charge on any atom is 0.278 e. The average Bonchev–Trinajstić information content (AvgIpc) is 3.14. The number of anilines is 1. The van der Waals surface area contributed by atoms with Crippen molar-refractivity contribution in [3.63, 3.8) is 0 Å². The highest BCUT2D eigenvalue weighted by atomic mass is 16.6. The van der Waals surface area contributed by atoms with E-state index in [1.807, 2.05) is 29.1 Å². The summed E-state index contributed by atoms with van der Waals surface area (Å²) in [5, 5.41) is 16.9. The molecule has 1 saturated heterocycles. The first-order valence-electron chi connectivity index (χ1n) is 8.07. The normalized spacial score (nSPS) is 17.8. The Bertz CT molecular complexity index is 896. The lowest BCUT2D eigenvalue weighted by Gasteiger charge is -2.35. The molecule has 0 N–H and O–H groups in total. The summed E-state index contributed by atoms with van der Waals surface area (Å²) in [4.78, 5) is 17.2. The monoisotopic (exact) mass is 339 g/mol. The van der Waals surface area contributed by atoms with E-state index in [1.54, 1.807) is 24.7 Å². The molecule has 1 fully saturated rings. The van der Waals surface area contributed by atoms with Crippen LogP contribution < -0.4 is 4.90 Å². The van der Waals surface area contributed by atoms with Crippen LogP contribution >= 0.6 is 0 Å². The zero-order valence-corrected chi connectivity index (χ0v) is 13.5. The molecule has 3 aromatic rings. The fourth-order valence-corrected chi connectivity index (χ4v) is 3.26. The lowest BCUT2D eigenvalue weighted by Crippen LogP contribution is -2.44. The fourth-order valence-electron chi connectivity index (χ4n) is 3.26. The number of benzene rings is 1. The Kier molecular flexibility index (Phi) is 4.02. The summed E-state index contributed by atoms with van der Waals surface area (Å²) in [7, 11) is 0. The van der Waals surface area contributed by atoms with Crippen molar-refractivity contribution in [1.29, 1.82) is 0 Å². The Morgan fingerprint density at radius 2 is 2.20 bits per heavy atom. The largest absolute Gasteiger partial charge is 0.373 e. The van der Waals surface area contributed by atoms with Crippen molar-refractivity contribution in [3.8, 4) is 0 Å². The van der Waals surface area contributed by atoms with Crippen LogP contribution in [0.1, 0.15) is 0 Å². The van der Waals surface area contributed by atoms with Gasteiger partial charge in [0.05, 0.1) is 29.6 Å². The number of nitro benzene ring substituents is 1. The molecule has 0 saturated carbocycles. The standard InChI is InChI=1S/C17H17N5O3/c23-22(24)17-3-2-16(14-4-6-18-10-15(14)17)20-8-9-25-13(11-20)12-21-7-1-5-19-21/h1-7,10,13H,8-9,11-12H2. The van der Waals surface area contributed by atoms with Crippen molar-refractivity contribution in [3.05, 3.63) is 59.2 Å². The Hall–Kier alpha value is -3.00. The second-order valence-electron chi connectivity index (χ2n) is 5.95. The molecule has 0 aliphatic carbocycles. The van der Waals surface area contributed by atoms with Crippen LogP contribution in [0.3, 0.4) is 0 Å². The summed E-state index contributed by atoms with van der Waals surface area (Å²) in [5.41, 5.74) is 1.05. The number of morpholine rings is 1. The minimum Gasteiger partial charge on any atom is -0.373 e. The van der Waals surface area contributed by atoms with Crippen LogP contribution in [0.25, 0.3) is 10.8 Å². The number of non-ortho nitro benzene ring substituents is 1. The number of ether oxygens (including phenoxy) is 1. The molecular formula is C17H17N5O3. The van der Waals surface area contributed by atoms with Crippen molar-refractivity contribution in [2.75, 3.05) is 24.6 Å². The van der Waals surface area contributed by atoms with E-state index in [0.29, 0.717) is 25.1 Å². The third-order valence-corrected chi connectivity index (χ3v) is 4.40. The molecule has 1 unspecified atom stereocenters. The molecule has 0 bridgehead atoms. The molecule has 8 heteroatoms. The number of hydrogen-bond donors (Lipinski definition) is 0. The van der Waals surface area contributed by atoms with Crippen LogP contribution in [0.5, 0.6) is 0 Å². The topological polar surface area (TPSA) is 86.3 Å². The van der Waals surface area contributed by atoms with Gasteiger partial charge >= 0.3 is 0 Å². The van der Waals surface area contributed by atoms with Crippen LogP contribution in [-0.4, -0.2) is 45.5 Å². The highest BCUT2D eigenvalue weighted by molar-refractivity contribution is 5.99. The number of aromatic nitrogens is 3. The lowest BCUT2D eigenvalue weighted by molar-refractivity contribution is -0.383. The second kappa shape index (κ2) is 6.48. The molecule has 0 spiro atoms. The Morgan fingerprint density at radius 1 is 1.28 bits per heavy atom. The van der Waals surface area contributed by atoms with Gasteiger partial charge in [-0.3, -0.25) is 19.8 Å². The maximum absolute atomic E-state index is 11.3. The van der Waals surface area contributed by atoms with E-state index in [-0.39, 0.29) is 16.7 Å². The molecule has 1 aromatic carbocycles. The summed E-state index contributed by atoms with van der Waals surface area (Å²) < 4.78 is 7.71. The number of nitrogens with zero attached hydrogens (tertiary/aromatic N) is 5. The van der Waals surface area contributed by atoms with E-state index in [2.05, 4.69) is 15.0 Å². The van der Waals surface area contributed by atoms with Gasteiger partial charge in [0.15, 0.2) is 0 Å². The van der Waals surface area contributed by atoms with Gasteiger partial charge in [-0.25, -0.2) is 0 Å². The first-order valence-corrected chi connectivity index (χ1v) is 8.07. The van der Waals surface area contributed by atoms with E-state index in [4.69, 9.17) is 4.74 Å². The SMILES string of the molecule is O=[N+]([O-])c1ccc(N2CCOC(Cn3cccn3)C2)c2ccncc12. The molecule has 4 rings (SSSR count). The molecule has 128 valence electrons. The molecule has 25 heavy (non-hydrogen) atoms. The molecule has 1 atom stereocenters. The van der Waals surface area contributed by atoms with Crippen molar-refractivity contribution >= 4 is 22.1 Å². The van der Waals surface area contributed by atoms with Gasteiger partial charge in [0, 0.05) is 55.0 Å². The highest BCUT2D eigenvalue weighted by Gasteiger charge is 2.24. The molecule has 0 amide bonds. The van der Waals surface area contributed by atoms with Crippen molar-refractivity contribution < 1.29 is 9.66 Å². The van der Waals surface area contributed by atoms with E-state index in [1.165, 1.54) is 0 Å². The average molecular weight is 339 g/mol. The predicted molar refractivity (Wildman–Crippen MR) is 92.6 cm³/mol. The van der Waals surface area contributed by atoms with Crippen molar-refractivity contribution in [1.82, 2.24) is 14.8 Å². The lowest BCUT2D eigenvalue weighted by atomic mass is 10.1. The minimum absolute atomic E-state index is 0.0146. The summed E-state index contributed by atoms with van der Waals surface area (Å²) in [6.45, 7) is 2.73. The highest BCUT2D eigenvalue weighted by Crippen LogP contribution is 2.33. The molecule has 0 radical (unpaired) electrons. The van der Waals surface area contributed by atoms with Crippen LogP contribution in [0.15, 0.2) is 49.1 Å². The minimum atomic E-state index is -0.367. The summed E-state index contributed by atoms with van der Waals surface area (Å²) in [6.07, 6.45) is 6.89. The Labute approximate surface area is 143 Å². The Morgan fingerprint density at radius 3 is 3.00 bits per heavy atom. The second-order valence-corrected chi connectivity index (χ2v) is 5.95. The van der Waals surface area contributed by atoms with Crippen molar-refractivity contribution in [2.24, 2.45) is 0 Å². The Balaban J connectivity index is 1.65. The number of fused-ring (bicyclic) bond motifs is 1. The van der Waals surface area contributed by atoms with E-state index in [0.717, 1.165) is 17.6 Å². The molecule has 3 heterocycles. The van der Waals surface area contributed by atoms with Gasteiger partial charge in [-0.05, 0) is 18.2 Å². The molecule has 2 aromatic heterocycles. The number of rotatable bonds is 4. The third kappa shape index (κ3) is 3.03. The molecule has 1 aliphatic rings. The van der Waals surface area contributed by atoms with E-state index < -0.39 is 0 Å². The smallest absolute Gasteiger partial charge is 0.278 e. The van der Waals surface area contributed by atoms with Gasteiger partial charge in [-0.1, -0.05) is 0 Å². The van der Waals surface area contributed by atoms with Crippen LogP contribution in [0.4, 0.5) is 11.4 Å². The van der Waals surface area contributed by atoms with Crippen LogP contribution in [-0.2, 0) is 11.3 Å². The van der Waals surface area contributed by atoms with Gasteiger partial charge in [0.2, 0.25) is 0 Å². The summed E-state index contributed by atoms with van der Waals surface area (Å²) in [6, 6.07) is 7.08. The van der Waals surface area contributed by atoms with Gasteiger partial charge < -0.3 is 9.64 Å². The van der Waals surface area contributed by atoms with Crippen LogP contribution in [0, 0.1) is 10.1 Å². The van der Waals surface area contributed by atoms with Crippen LogP contribution in [0.2, 0.25) is 0 Å². The van der Waals surface area contributed by atoms with Gasteiger partial charge in [-0.15, -0.1) is 0 Å². The van der Waals surface area contributed by atoms with Gasteiger partial charge in [-0.2, -0.15) is 5.10 Å². The van der Waals surface area contributed by atoms with Gasteiger partial charge in [0.1, 0.15) is 0 Å².